The Hall–Kier alpha value is -3.88. The average Bonchev–Trinajstić information content (AvgIpc) is 3.43. The van der Waals surface area contributed by atoms with E-state index in [0.29, 0.717) is 11.1 Å². The van der Waals surface area contributed by atoms with Crippen LogP contribution in [-0.2, 0) is 25.5 Å². The number of aliphatic carboxylic acids is 1. The van der Waals surface area contributed by atoms with Crippen LogP contribution in [0.4, 0.5) is 5.69 Å². The summed E-state index contributed by atoms with van der Waals surface area (Å²) in [6.45, 7) is -1.34. The van der Waals surface area contributed by atoms with Gasteiger partial charge in [0.25, 0.3) is 5.91 Å². The van der Waals surface area contributed by atoms with Crippen molar-refractivity contribution in [2.45, 2.75) is 73.9 Å². The first-order chi connectivity index (χ1) is 22.3. The van der Waals surface area contributed by atoms with Gasteiger partial charge in [-0.05, 0) is 35.4 Å². The lowest BCUT2D eigenvalue weighted by atomic mass is 9.99. The van der Waals surface area contributed by atoms with Gasteiger partial charge in [0.15, 0.2) is 11.5 Å². The highest BCUT2D eigenvalue weighted by Gasteiger charge is 2.46. The third-order valence-electron chi connectivity index (χ3n) is 8.16. The standard InChI is InChI=1S/C30H35NO16/c32-10-19-22(36)24(38)26(40)29(46-19)44-14-4-1-12(2-5-14)3-6-21(35)31-15-9-18(17(34)8-13(15)7-16(31)28(42)43)45-30-27(41)25(39)23(37)20(11-33)47-30/h1-6,8-9,16,19-20,22-27,29-30,32-34,36-41H,7,10-11H2,(H,42,43)/b6-3+/t16-,19-,20-,22-,23-,24+,25+,26-,27-,29-,30-/m1/s1. The number of carbonyl (C=O) groups excluding carboxylic acids is 1. The van der Waals surface area contributed by atoms with Crippen molar-refractivity contribution in [2.24, 2.45) is 0 Å². The number of hydrogen-bond donors (Lipinski definition) is 10. The largest absolute Gasteiger partial charge is 0.504 e. The zero-order valence-electron chi connectivity index (χ0n) is 24.5. The Kier molecular flexibility index (Phi) is 10.3. The van der Waals surface area contributed by atoms with Gasteiger partial charge >= 0.3 is 5.97 Å². The second-order valence-corrected chi connectivity index (χ2v) is 11.2. The monoisotopic (exact) mass is 665 g/mol. The van der Waals surface area contributed by atoms with Crippen molar-refractivity contribution in [3.8, 4) is 17.2 Å². The lowest BCUT2D eigenvalue weighted by Crippen LogP contribution is -2.60. The van der Waals surface area contributed by atoms with E-state index >= 15 is 0 Å². The van der Waals surface area contributed by atoms with E-state index in [4.69, 9.17) is 18.9 Å². The second kappa shape index (κ2) is 14.1. The van der Waals surface area contributed by atoms with E-state index < -0.39 is 98.3 Å². The number of aliphatic hydroxyl groups is 8. The number of aromatic hydroxyl groups is 1. The summed E-state index contributed by atoms with van der Waals surface area (Å²) >= 11 is 0. The number of nitrogens with zero attached hydrogens (tertiary/aromatic N) is 1. The predicted octanol–water partition coefficient (Wildman–Crippen LogP) is -3.19. The fourth-order valence-electron chi connectivity index (χ4n) is 5.51. The van der Waals surface area contributed by atoms with Crippen LogP contribution < -0.4 is 14.4 Å². The number of rotatable bonds is 9. The van der Waals surface area contributed by atoms with E-state index in [2.05, 4.69) is 0 Å². The van der Waals surface area contributed by atoms with Crippen molar-refractivity contribution in [1.82, 2.24) is 0 Å². The van der Waals surface area contributed by atoms with Crippen molar-refractivity contribution >= 4 is 23.6 Å². The van der Waals surface area contributed by atoms with E-state index in [1.165, 1.54) is 42.5 Å². The number of benzene rings is 2. The first kappa shape index (κ1) is 34.5. The molecule has 3 aliphatic rings. The Labute approximate surface area is 266 Å². The summed E-state index contributed by atoms with van der Waals surface area (Å²) in [5, 5.41) is 99.6. The molecule has 0 spiro atoms. The molecular weight excluding hydrogens is 630 g/mol. The minimum Gasteiger partial charge on any atom is -0.504 e. The minimum absolute atomic E-state index is 0.0766. The summed E-state index contributed by atoms with van der Waals surface area (Å²) < 4.78 is 21.7. The molecule has 10 N–H and O–H groups in total. The number of hydrogen-bond acceptors (Lipinski definition) is 15. The van der Waals surface area contributed by atoms with Gasteiger partial charge in [-0.25, -0.2) is 4.79 Å². The number of carboxylic acids is 1. The zero-order chi connectivity index (χ0) is 34.2. The molecule has 0 aliphatic carbocycles. The molecule has 5 rings (SSSR count). The first-order valence-corrected chi connectivity index (χ1v) is 14.5. The molecule has 0 aromatic heterocycles. The average molecular weight is 666 g/mol. The molecule has 17 heteroatoms. The van der Waals surface area contributed by atoms with Crippen LogP contribution in [0.2, 0.25) is 0 Å². The number of phenolic OH excluding ortho intramolecular Hbond substituents is 1. The Balaban J connectivity index is 1.31. The summed E-state index contributed by atoms with van der Waals surface area (Å²) in [5.74, 6) is -2.71. The Bertz CT molecular complexity index is 1460. The lowest BCUT2D eigenvalue weighted by Gasteiger charge is -2.39. The fourth-order valence-corrected chi connectivity index (χ4v) is 5.51. The molecule has 11 atom stereocenters. The number of amides is 1. The first-order valence-electron chi connectivity index (χ1n) is 14.5. The third-order valence-corrected chi connectivity index (χ3v) is 8.16. The topological polar surface area (TPSA) is 277 Å². The summed E-state index contributed by atoms with van der Waals surface area (Å²) in [5.41, 5.74) is 0.850. The van der Waals surface area contributed by atoms with Crippen molar-refractivity contribution in [2.75, 3.05) is 18.1 Å². The maximum Gasteiger partial charge on any atom is 0.327 e. The van der Waals surface area contributed by atoms with Gasteiger partial charge in [0.05, 0.1) is 18.9 Å². The molecule has 17 nitrogen and oxygen atoms in total. The molecule has 3 aliphatic heterocycles. The van der Waals surface area contributed by atoms with Crippen LogP contribution in [0.1, 0.15) is 11.1 Å². The predicted molar refractivity (Wildman–Crippen MR) is 155 cm³/mol. The van der Waals surface area contributed by atoms with Crippen molar-refractivity contribution in [3.05, 3.63) is 53.6 Å². The second-order valence-electron chi connectivity index (χ2n) is 11.2. The SMILES string of the molecule is O=C(O)[C@H]1Cc2cc(O)c(O[C@@H]3O[C@H](CO)[C@@H](O)[C@H](O)[C@H]3O)cc2N1C(=O)/C=C/c1ccc(O[C@@H]2O[C@H](CO)[C@@H](O)[C@H](O)[C@H]2O)cc1. The summed E-state index contributed by atoms with van der Waals surface area (Å²) in [6, 6.07) is 6.99. The van der Waals surface area contributed by atoms with Crippen LogP contribution in [0.25, 0.3) is 6.08 Å². The lowest BCUT2D eigenvalue weighted by molar-refractivity contribution is -0.277. The third kappa shape index (κ3) is 6.90. The quantitative estimate of drug-likeness (QED) is 0.118. The van der Waals surface area contributed by atoms with Crippen molar-refractivity contribution < 1.29 is 79.6 Å². The van der Waals surface area contributed by atoms with Crippen LogP contribution in [0.3, 0.4) is 0 Å². The molecule has 1 amide bonds. The number of anilines is 1. The molecule has 3 heterocycles. The molecule has 2 saturated heterocycles. The number of carboxylic acid groups (broad SMARTS) is 1. The maximum atomic E-state index is 13.4. The molecular formula is C30H35NO16. The highest BCUT2D eigenvalue weighted by atomic mass is 16.7. The number of aliphatic hydroxyl groups excluding tert-OH is 8. The zero-order valence-corrected chi connectivity index (χ0v) is 24.5. The highest BCUT2D eigenvalue weighted by Crippen LogP contribution is 2.42. The van der Waals surface area contributed by atoms with Gasteiger partial charge in [0.2, 0.25) is 12.6 Å². The van der Waals surface area contributed by atoms with E-state index in [9.17, 15) is 60.7 Å². The Morgan fingerprint density at radius 1 is 0.809 bits per heavy atom. The molecule has 256 valence electrons. The van der Waals surface area contributed by atoms with E-state index in [0.717, 1.165) is 11.0 Å². The van der Waals surface area contributed by atoms with Gasteiger partial charge in [-0.2, -0.15) is 0 Å². The van der Waals surface area contributed by atoms with E-state index in [-0.39, 0.29) is 23.6 Å². The van der Waals surface area contributed by atoms with Gasteiger partial charge in [-0.1, -0.05) is 12.1 Å². The maximum absolute atomic E-state index is 13.4. The Morgan fingerprint density at radius 3 is 1.89 bits per heavy atom. The van der Waals surface area contributed by atoms with Gasteiger partial charge in [0, 0.05) is 18.6 Å². The molecule has 47 heavy (non-hydrogen) atoms. The molecule has 0 radical (unpaired) electrons. The molecule has 0 saturated carbocycles. The molecule has 2 fully saturated rings. The Morgan fingerprint density at radius 2 is 1.36 bits per heavy atom. The van der Waals surface area contributed by atoms with E-state index in [1.807, 2.05) is 0 Å². The van der Waals surface area contributed by atoms with Crippen molar-refractivity contribution in [1.29, 1.82) is 0 Å². The number of fused-ring (bicyclic) bond motifs is 1. The highest BCUT2D eigenvalue weighted by molar-refractivity contribution is 6.09. The molecule has 2 aromatic rings. The summed E-state index contributed by atoms with van der Waals surface area (Å²) in [7, 11) is 0. The minimum atomic E-state index is -1.79. The van der Waals surface area contributed by atoms with Gasteiger partial charge in [-0.15, -0.1) is 0 Å². The fraction of sp³-hybridized carbons (Fsp3) is 0.467. The van der Waals surface area contributed by atoms with E-state index in [1.54, 1.807) is 0 Å². The van der Waals surface area contributed by atoms with Gasteiger partial charge in [-0.3, -0.25) is 9.69 Å². The molecule has 0 unspecified atom stereocenters. The van der Waals surface area contributed by atoms with Crippen LogP contribution in [0.15, 0.2) is 42.5 Å². The van der Waals surface area contributed by atoms with Crippen molar-refractivity contribution in [3.63, 3.8) is 0 Å². The number of phenols is 1. The van der Waals surface area contributed by atoms with Gasteiger partial charge in [0.1, 0.15) is 60.6 Å². The smallest absolute Gasteiger partial charge is 0.327 e. The van der Waals surface area contributed by atoms with Gasteiger partial charge < -0.3 is 70.0 Å². The normalized spacial score (nSPS) is 33.9. The van der Waals surface area contributed by atoms with Crippen LogP contribution in [0.5, 0.6) is 17.2 Å². The van der Waals surface area contributed by atoms with Crippen LogP contribution >= 0.6 is 0 Å². The van der Waals surface area contributed by atoms with Crippen LogP contribution in [0, 0.1) is 0 Å². The molecule has 2 aromatic carbocycles. The molecule has 0 bridgehead atoms. The summed E-state index contributed by atoms with van der Waals surface area (Å²) in [4.78, 5) is 26.4. The number of carbonyl (C=O) groups is 2. The van der Waals surface area contributed by atoms with Crippen LogP contribution in [-0.4, -0.2) is 144 Å². The number of ether oxygens (including phenoxy) is 4. The summed E-state index contributed by atoms with van der Waals surface area (Å²) in [6.07, 6.45) is -13.1.